The number of amides is 1. The fourth-order valence-electron chi connectivity index (χ4n) is 3.41. The summed E-state index contributed by atoms with van der Waals surface area (Å²) in [4.78, 5) is 18.5. The van der Waals surface area contributed by atoms with Crippen LogP contribution in [0.15, 0.2) is 33.7 Å². The zero-order chi connectivity index (χ0) is 20.0. The Bertz CT molecular complexity index is 670. The summed E-state index contributed by atoms with van der Waals surface area (Å²) >= 11 is 3.66. The highest BCUT2D eigenvalue weighted by Gasteiger charge is 2.26. The molecule has 1 aliphatic rings. The average Bonchev–Trinajstić information content (AvgIpc) is 2.65. The third-order valence-corrected chi connectivity index (χ3v) is 5.86. The largest absolute Gasteiger partial charge is 0.356 e. The van der Waals surface area contributed by atoms with E-state index in [0.717, 1.165) is 42.9 Å². The first-order valence-electron chi connectivity index (χ1n) is 9.75. The first-order valence-corrected chi connectivity index (χ1v) is 10.5. The third-order valence-electron chi connectivity index (χ3n) is 5.17. The number of piperidine rings is 1. The zero-order valence-corrected chi connectivity index (χ0v) is 21.5. The van der Waals surface area contributed by atoms with Gasteiger partial charge in [-0.3, -0.25) is 9.79 Å². The number of benzene rings is 1. The van der Waals surface area contributed by atoms with E-state index in [1.54, 1.807) is 7.05 Å². The van der Waals surface area contributed by atoms with Gasteiger partial charge in [0.25, 0.3) is 0 Å². The van der Waals surface area contributed by atoms with E-state index in [-0.39, 0.29) is 41.2 Å². The average molecular weight is 565 g/mol. The van der Waals surface area contributed by atoms with Crippen LogP contribution in [0.2, 0.25) is 0 Å². The number of halogens is 2. The minimum Gasteiger partial charge on any atom is -0.356 e. The molecule has 1 saturated heterocycles. The number of hydrogen-bond acceptors (Lipinski definition) is 2. The molecular weight excluding hydrogens is 531 g/mol. The second kappa shape index (κ2) is 11.4. The van der Waals surface area contributed by atoms with Gasteiger partial charge in [0, 0.05) is 48.5 Å². The predicted molar refractivity (Wildman–Crippen MR) is 132 cm³/mol. The number of nitrogens with one attached hydrogen (secondary N) is 2. The van der Waals surface area contributed by atoms with Crippen molar-refractivity contribution in [3.05, 3.63) is 34.3 Å². The van der Waals surface area contributed by atoms with E-state index in [1.165, 1.54) is 5.56 Å². The molecule has 0 aliphatic carbocycles. The molecule has 0 bridgehead atoms. The highest BCUT2D eigenvalue weighted by Crippen LogP contribution is 2.29. The number of hydrogen-bond donors (Lipinski definition) is 2. The summed E-state index contributed by atoms with van der Waals surface area (Å²) in [7, 11) is 1.80. The highest BCUT2D eigenvalue weighted by molar-refractivity contribution is 14.0. The van der Waals surface area contributed by atoms with E-state index in [1.807, 2.05) is 24.8 Å². The highest BCUT2D eigenvalue weighted by atomic mass is 127. The summed E-state index contributed by atoms with van der Waals surface area (Å²) in [6.07, 6.45) is 1.90. The Balaban J connectivity index is 0.00000392. The van der Waals surface area contributed by atoms with Gasteiger partial charge in [0.2, 0.25) is 5.91 Å². The summed E-state index contributed by atoms with van der Waals surface area (Å²) in [5.41, 5.74) is 1.23. The third kappa shape index (κ3) is 6.90. The van der Waals surface area contributed by atoms with Crippen LogP contribution in [0.5, 0.6) is 0 Å². The van der Waals surface area contributed by atoms with E-state index >= 15 is 0 Å². The summed E-state index contributed by atoms with van der Waals surface area (Å²) in [6.45, 7) is 10.8. The predicted octanol–water partition coefficient (Wildman–Crippen LogP) is 4.16. The molecule has 1 fully saturated rings. The van der Waals surface area contributed by atoms with E-state index in [9.17, 15) is 4.79 Å². The first kappa shape index (κ1) is 25.2. The Morgan fingerprint density at radius 2 is 1.89 bits per heavy atom. The topological polar surface area (TPSA) is 56.7 Å². The van der Waals surface area contributed by atoms with Crippen LogP contribution >= 0.6 is 39.9 Å². The minimum absolute atomic E-state index is 0. The molecule has 2 N–H and O–H groups in total. The maximum Gasteiger partial charge on any atom is 0.225 e. The molecule has 1 aromatic rings. The van der Waals surface area contributed by atoms with Gasteiger partial charge in [-0.25, -0.2) is 0 Å². The van der Waals surface area contributed by atoms with E-state index in [4.69, 9.17) is 0 Å². The molecule has 1 heterocycles. The van der Waals surface area contributed by atoms with Crippen LogP contribution in [0.1, 0.15) is 46.1 Å². The van der Waals surface area contributed by atoms with Crippen LogP contribution < -0.4 is 10.6 Å². The SMILES string of the molecule is CN=C(NCC(C)(C)c1ccccc1Br)NC1CCN(C(=O)C(C)C)CC1.I. The monoisotopic (exact) mass is 564 g/mol. The van der Waals surface area contributed by atoms with Crippen molar-refractivity contribution < 1.29 is 4.79 Å². The van der Waals surface area contributed by atoms with Crippen LogP contribution in [-0.2, 0) is 10.2 Å². The lowest BCUT2D eigenvalue weighted by Crippen LogP contribution is -2.51. The summed E-state index contributed by atoms with van der Waals surface area (Å²) in [5.74, 6) is 1.15. The van der Waals surface area contributed by atoms with Gasteiger partial charge in [-0.1, -0.05) is 61.8 Å². The lowest BCUT2D eigenvalue weighted by Gasteiger charge is -2.34. The molecule has 1 aromatic carbocycles. The van der Waals surface area contributed by atoms with Gasteiger partial charge in [0.05, 0.1) is 0 Å². The number of nitrogens with zero attached hydrogens (tertiary/aromatic N) is 2. The molecule has 2 rings (SSSR count). The van der Waals surface area contributed by atoms with Crippen LogP contribution in [0.3, 0.4) is 0 Å². The molecule has 1 amide bonds. The van der Waals surface area contributed by atoms with Crippen molar-refractivity contribution in [1.29, 1.82) is 0 Å². The minimum atomic E-state index is -0.0369. The Labute approximate surface area is 195 Å². The number of guanidine groups is 1. The first-order chi connectivity index (χ1) is 12.7. The van der Waals surface area contributed by atoms with Crippen molar-refractivity contribution >= 4 is 51.8 Å². The molecule has 7 heteroatoms. The zero-order valence-electron chi connectivity index (χ0n) is 17.6. The Hall–Kier alpha value is -0.830. The molecule has 0 atom stereocenters. The molecule has 28 heavy (non-hydrogen) atoms. The van der Waals surface area contributed by atoms with Crippen molar-refractivity contribution in [3.8, 4) is 0 Å². The van der Waals surface area contributed by atoms with E-state index in [0.29, 0.717) is 6.04 Å². The number of rotatable bonds is 5. The summed E-state index contributed by atoms with van der Waals surface area (Å²) < 4.78 is 1.13. The Morgan fingerprint density at radius 1 is 1.29 bits per heavy atom. The molecule has 0 radical (unpaired) electrons. The van der Waals surface area contributed by atoms with Crippen molar-refractivity contribution in [1.82, 2.24) is 15.5 Å². The second-order valence-corrected chi connectivity index (χ2v) is 9.04. The quantitative estimate of drug-likeness (QED) is 0.321. The standard InChI is InChI=1S/C21H33BrN4O.HI/c1-15(2)19(27)26-12-10-16(11-13-26)25-20(23-5)24-14-21(3,4)17-8-6-7-9-18(17)22;/h6-9,15-16H,10-14H2,1-5H3,(H2,23,24,25);1H. The van der Waals surface area contributed by atoms with Crippen molar-refractivity contribution in [2.24, 2.45) is 10.9 Å². The van der Waals surface area contributed by atoms with Gasteiger partial charge >= 0.3 is 0 Å². The molecule has 5 nitrogen and oxygen atoms in total. The van der Waals surface area contributed by atoms with Crippen LogP contribution in [0, 0.1) is 5.92 Å². The Morgan fingerprint density at radius 3 is 2.43 bits per heavy atom. The fraction of sp³-hybridized carbons (Fsp3) is 0.619. The van der Waals surface area contributed by atoms with Gasteiger partial charge in [-0.2, -0.15) is 0 Å². The second-order valence-electron chi connectivity index (χ2n) is 8.19. The molecule has 0 spiro atoms. The summed E-state index contributed by atoms with van der Waals surface area (Å²) in [6, 6.07) is 8.69. The van der Waals surface area contributed by atoms with Crippen molar-refractivity contribution in [3.63, 3.8) is 0 Å². The van der Waals surface area contributed by atoms with Crippen molar-refractivity contribution in [2.45, 2.75) is 52.0 Å². The van der Waals surface area contributed by atoms with Crippen LogP contribution in [0.4, 0.5) is 0 Å². The maximum atomic E-state index is 12.1. The summed E-state index contributed by atoms with van der Waals surface area (Å²) in [5, 5.41) is 6.99. The van der Waals surface area contributed by atoms with Gasteiger partial charge in [0.1, 0.15) is 0 Å². The Kier molecular flexibility index (Phi) is 10.2. The molecule has 0 unspecified atom stereocenters. The van der Waals surface area contributed by atoms with Gasteiger partial charge < -0.3 is 15.5 Å². The lowest BCUT2D eigenvalue weighted by molar-refractivity contribution is -0.135. The van der Waals surface area contributed by atoms with Crippen LogP contribution in [-0.4, -0.2) is 49.5 Å². The number of carbonyl (C=O) groups excluding carboxylic acids is 1. The molecule has 0 saturated carbocycles. The van der Waals surface area contributed by atoms with Crippen molar-refractivity contribution in [2.75, 3.05) is 26.7 Å². The maximum absolute atomic E-state index is 12.1. The number of likely N-dealkylation sites (tertiary alicyclic amines) is 1. The number of aliphatic imine (C=N–C) groups is 1. The molecule has 1 aliphatic heterocycles. The van der Waals surface area contributed by atoms with Gasteiger partial charge in [-0.15, -0.1) is 24.0 Å². The fourth-order valence-corrected chi connectivity index (χ4v) is 4.23. The molecule has 158 valence electrons. The number of carbonyl (C=O) groups is 1. The van der Waals surface area contributed by atoms with E-state index in [2.05, 4.69) is 63.6 Å². The molecule has 0 aromatic heterocycles. The molecular formula is C21H34BrIN4O. The van der Waals surface area contributed by atoms with Gasteiger partial charge in [0.15, 0.2) is 5.96 Å². The van der Waals surface area contributed by atoms with Crippen LogP contribution in [0.25, 0.3) is 0 Å². The van der Waals surface area contributed by atoms with E-state index < -0.39 is 0 Å². The lowest BCUT2D eigenvalue weighted by atomic mass is 9.84. The normalized spacial score (nSPS) is 16.0. The van der Waals surface area contributed by atoms with Gasteiger partial charge in [-0.05, 0) is 24.5 Å². The smallest absolute Gasteiger partial charge is 0.225 e.